The standard InChI is InChI=1S/C27H33ClN4O5/c1-31(23(33)13-12-19-8-3-2-4-9-19)15-7-16-32-25(20-10-5-6-11-21(20)28)24(26(34)35)22(30-27(32)36)18-37-17-14-29/h2-6,8-11,25H,7,12-18,29H2,1H3,(H,30,36)(H,34,35). The molecule has 37 heavy (non-hydrogen) atoms. The Labute approximate surface area is 221 Å². The fourth-order valence-electron chi connectivity index (χ4n) is 4.26. The van der Waals surface area contributed by atoms with Gasteiger partial charge in [0.25, 0.3) is 0 Å². The lowest BCUT2D eigenvalue weighted by atomic mass is 9.93. The number of benzene rings is 2. The molecule has 3 amide bonds. The number of hydrogen-bond acceptors (Lipinski definition) is 5. The summed E-state index contributed by atoms with van der Waals surface area (Å²) in [7, 11) is 1.73. The van der Waals surface area contributed by atoms with Gasteiger partial charge in [-0.1, -0.05) is 60.1 Å². The number of nitrogens with two attached hydrogens (primary N) is 1. The van der Waals surface area contributed by atoms with E-state index in [4.69, 9.17) is 22.1 Å². The molecule has 0 aromatic heterocycles. The summed E-state index contributed by atoms with van der Waals surface area (Å²) in [5, 5.41) is 13.1. The highest BCUT2D eigenvalue weighted by Gasteiger charge is 2.39. The van der Waals surface area contributed by atoms with Crippen LogP contribution < -0.4 is 11.1 Å². The van der Waals surface area contributed by atoms with E-state index in [2.05, 4.69) is 5.32 Å². The van der Waals surface area contributed by atoms with Gasteiger partial charge in [0.1, 0.15) is 0 Å². The second kappa shape index (κ2) is 13.8. The molecule has 2 aromatic rings. The summed E-state index contributed by atoms with van der Waals surface area (Å²) in [6.07, 6.45) is 1.48. The first-order valence-electron chi connectivity index (χ1n) is 12.2. The number of amides is 3. The molecule has 4 N–H and O–H groups in total. The van der Waals surface area contributed by atoms with Crippen LogP contribution in [0.25, 0.3) is 0 Å². The van der Waals surface area contributed by atoms with Crippen molar-refractivity contribution in [3.05, 3.63) is 82.0 Å². The van der Waals surface area contributed by atoms with Crippen LogP contribution in [0, 0.1) is 0 Å². The second-order valence-electron chi connectivity index (χ2n) is 8.74. The number of nitrogens with zero attached hydrogens (tertiary/aromatic N) is 2. The highest BCUT2D eigenvalue weighted by atomic mass is 35.5. The van der Waals surface area contributed by atoms with E-state index in [1.54, 1.807) is 36.2 Å². The molecule has 1 unspecified atom stereocenters. The molecule has 3 rings (SSSR count). The van der Waals surface area contributed by atoms with Crippen molar-refractivity contribution in [2.45, 2.75) is 25.3 Å². The zero-order chi connectivity index (χ0) is 26.8. The number of ether oxygens (including phenoxy) is 1. The van der Waals surface area contributed by atoms with Gasteiger partial charge in [-0.05, 0) is 30.0 Å². The van der Waals surface area contributed by atoms with Crippen LogP contribution >= 0.6 is 11.6 Å². The average Bonchev–Trinajstić information content (AvgIpc) is 2.89. The summed E-state index contributed by atoms with van der Waals surface area (Å²) >= 11 is 6.45. The van der Waals surface area contributed by atoms with Crippen molar-refractivity contribution in [1.29, 1.82) is 0 Å². The Morgan fingerprint density at radius 1 is 1.16 bits per heavy atom. The number of aryl methyl sites for hydroxylation is 1. The number of rotatable bonds is 13. The van der Waals surface area contributed by atoms with Crippen LogP contribution in [-0.2, 0) is 20.7 Å². The Kier molecular flexibility index (Phi) is 10.5. The molecule has 0 bridgehead atoms. The molecule has 9 nitrogen and oxygen atoms in total. The third kappa shape index (κ3) is 7.55. The molecule has 0 radical (unpaired) electrons. The van der Waals surface area contributed by atoms with E-state index in [0.29, 0.717) is 36.4 Å². The van der Waals surface area contributed by atoms with Crippen molar-refractivity contribution in [3.63, 3.8) is 0 Å². The monoisotopic (exact) mass is 528 g/mol. The summed E-state index contributed by atoms with van der Waals surface area (Å²) in [4.78, 5) is 41.2. The van der Waals surface area contributed by atoms with Crippen LogP contribution in [0.1, 0.15) is 30.0 Å². The van der Waals surface area contributed by atoms with Crippen LogP contribution in [0.3, 0.4) is 0 Å². The predicted molar refractivity (Wildman–Crippen MR) is 141 cm³/mol. The van der Waals surface area contributed by atoms with Crippen LogP contribution in [0.2, 0.25) is 5.02 Å². The summed E-state index contributed by atoms with van der Waals surface area (Å²) in [5.74, 6) is -1.19. The zero-order valence-electron chi connectivity index (χ0n) is 20.9. The van der Waals surface area contributed by atoms with Crippen molar-refractivity contribution in [2.24, 2.45) is 5.73 Å². The maximum absolute atomic E-state index is 13.2. The van der Waals surface area contributed by atoms with Crippen molar-refractivity contribution >= 4 is 29.5 Å². The zero-order valence-corrected chi connectivity index (χ0v) is 21.6. The van der Waals surface area contributed by atoms with E-state index in [-0.39, 0.29) is 43.5 Å². The first kappa shape index (κ1) is 28.2. The third-order valence-electron chi connectivity index (χ3n) is 6.16. The number of carbonyl (C=O) groups is 3. The minimum Gasteiger partial charge on any atom is -0.478 e. The minimum atomic E-state index is -1.19. The summed E-state index contributed by atoms with van der Waals surface area (Å²) < 4.78 is 5.44. The molecule has 0 saturated carbocycles. The number of halogens is 1. The Morgan fingerprint density at radius 3 is 2.54 bits per heavy atom. The van der Waals surface area contributed by atoms with Gasteiger partial charge >= 0.3 is 12.0 Å². The lowest BCUT2D eigenvalue weighted by Crippen LogP contribution is -2.50. The van der Waals surface area contributed by atoms with E-state index in [9.17, 15) is 19.5 Å². The molecular formula is C27H33ClN4O5. The summed E-state index contributed by atoms with van der Waals surface area (Å²) in [6, 6.07) is 15.3. The maximum Gasteiger partial charge on any atom is 0.335 e. The van der Waals surface area contributed by atoms with Gasteiger partial charge in [0.05, 0.1) is 30.5 Å². The van der Waals surface area contributed by atoms with Gasteiger partial charge in [-0.15, -0.1) is 0 Å². The number of aliphatic carboxylic acids is 1. The summed E-state index contributed by atoms with van der Waals surface area (Å²) in [5.41, 5.74) is 7.22. The molecule has 1 aliphatic heterocycles. The molecule has 0 aliphatic carbocycles. The molecular weight excluding hydrogens is 496 g/mol. The third-order valence-corrected chi connectivity index (χ3v) is 6.50. The normalized spacial score (nSPS) is 15.5. The second-order valence-corrected chi connectivity index (χ2v) is 9.15. The van der Waals surface area contributed by atoms with Crippen molar-refractivity contribution in [1.82, 2.24) is 15.1 Å². The van der Waals surface area contributed by atoms with Crippen LogP contribution in [0.5, 0.6) is 0 Å². The lowest BCUT2D eigenvalue weighted by Gasteiger charge is -2.38. The van der Waals surface area contributed by atoms with Crippen molar-refractivity contribution in [2.75, 3.05) is 39.9 Å². The number of hydrogen-bond donors (Lipinski definition) is 3. The molecule has 1 atom stereocenters. The number of carboxylic acid groups (broad SMARTS) is 1. The molecule has 1 aliphatic rings. The van der Waals surface area contributed by atoms with Crippen molar-refractivity contribution in [3.8, 4) is 0 Å². The topological polar surface area (TPSA) is 125 Å². The molecule has 1 heterocycles. The fourth-order valence-corrected chi connectivity index (χ4v) is 4.50. The van der Waals surface area contributed by atoms with Gasteiger partial charge < -0.3 is 30.7 Å². The lowest BCUT2D eigenvalue weighted by molar-refractivity contribution is -0.133. The largest absolute Gasteiger partial charge is 0.478 e. The molecule has 10 heteroatoms. The van der Waals surface area contributed by atoms with E-state index >= 15 is 0 Å². The first-order chi connectivity index (χ1) is 17.8. The molecule has 0 fully saturated rings. The summed E-state index contributed by atoms with van der Waals surface area (Å²) in [6.45, 7) is 1.01. The molecule has 2 aromatic carbocycles. The quantitative estimate of drug-likeness (QED) is 0.343. The number of carboxylic acids is 1. The number of nitrogens with one attached hydrogen (secondary N) is 1. The molecule has 0 spiro atoms. The average molecular weight is 529 g/mol. The fraction of sp³-hybridized carbons (Fsp3) is 0.370. The van der Waals surface area contributed by atoms with Gasteiger partial charge in [-0.3, -0.25) is 4.79 Å². The minimum absolute atomic E-state index is 0.0000576. The number of urea groups is 1. The number of carbonyl (C=O) groups excluding carboxylic acids is 2. The van der Waals surface area contributed by atoms with E-state index in [0.717, 1.165) is 5.56 Å². The maximum atomic E-state index is 13.2. The highest BCUT2D eigenvalue weighted by Crippen LogP contribution is 2.37. The van der Waals surface area contributed by atoms with Gasteiger partial charge in [0.15, 0.2) is 0 Å². The van der Waals surface area contributed by atoms with E-state index in [1.165, 1.54) is 4.90 Å². The predicted octanol–water partition coefficient (Wildman–Crippen LogP) is 3.20. The van der Waals surface area contributed by atoms with Crippen molar-refractivity contribution < 1.29 is 24.2 Å². The van der Waals surface area contributed by atoms with Gasteiger partial charge in [-0.25, -0.2) is 9.59 Å². The van der Waals surface area contributed by atoms with Gasteiger partial charge in [-0.2, -0.15) is 0 Å². The molecule has 0 saturated heterocycles. The molecule has 198 valence electrons. The Hall–Kier alpha value is -3.40. The highest BCUT2D eigenvalue weighted by molar-refractivity contribution is 6.31. The van der Waals surface area contributed by atoms with E-state index in [1.807, 2.05) is 30.3 Å². The van der Waals surface area contributed by atoms with Crippen LogP contribution in [-0.4, -0.2) is 72.7 Å². The SMILES string of the molecule is CN(CCCN1C(=O)NC(COCCN)=C(C(=O)O)C1c1ccccc1Cl)C(=O)CCc1ccccc1. The smallest absolute Gasteiger partial charge is 0.335 e. The Balaban J connectivity index is 1.74. The Morgan fingerprint density at radius 2 is 1.86 bits per heavy atom. The van der Waals surface area contributed by atoms with Gasteiger partial charge in [0, 0.05) is 38.1 Å². The van der Waals surface area contributed by atoms with Crippen LogP contribution in [0.15, 0.2) is 65.9 Å². The first-order valence-corrected chi connectivity index (χ1v) is 12.5. The Bertz CT molecular complexity index is 1120. The van der Waals surface area contributed by atoms with Gasteiger partial charge in [0.2, 0.25) is 5.91 Å². The van der Waals surface area contributed by atoms with E-state index < -0.39 is 18.0 Å². The van der Waals surface area contributed by atoms with Crippen LogP contribution in [0.4, 0.5) is 4.79 Å².